The molecular weight excluding hydrogens is 553 g/mol. The van der Waals surface area contributed by atoms with Crippen molar-refractivity contribution >= 4 is 0 Å². The number of benzene rings is 2. The lowest BCUT2D eigenvalue weighted by Gasteiger charge is -2.35. The van der Waals surface area contributed by atoms with E-state index in [0.29, 0.717) is 11.3 Å². The zero-order valence-corrected chi connectivity index (χ0v) is 33.4. The molecule has 2 unspecified atom stereocenters. The quantitative estimate of drug-likeness (QED) is 0.290. The van der Waals surface area contributed by atoms with E-state index in [4.69, 9.17) is 0 Å². The first-order chi connectivity index (χ1) is 21.6. The van der Waals surface area contributed by atoms with Gasteiger partial charge in [-0.3, -0.25) is 0 Å². The van der Waals surface area contributed by atoms with Gasteiger partial charge < -0.3 is 0 Å². The summed E-state index contributed by atoms with van der Waals surface area (Å²) in [6.45, 7) is 43.6. The molecule has 2 aliphatic carbocycles. The van der Waals surface area contributed by atoms with Crippen LogP contribution >= 0.6 is 0 Å². The Balaban J connectivity index is -0.000000510. The lowest BCUT2D eigenvalue weighted by Crippen LogP contribution is -2.25. The third kappa shape index (κ3) is 21.8. The van der Waals surface area contributed by atoms with Crippen LogP contribution in [-0.4, -0.2) is 0 Å². The maximum Gasteiger partial charge on any atom is 0.00550 e. The van der Waals surface area contributed by atoms with Gasteiger partial charge in [0.05, 0.1) is 0 Å². The maximum absolute atomic E-state index is 4.02. The van der Waals surface area contributed by atoms with E-state index in [0.717, 1.165) is 11.5 Å². The van der Waals surface area contributed by atoms with Crippen LogP contribution in [0.3, 0.4) is 0 Å². The summed E-state index contributed by atoms with van der Waals surface area (Å²) >= 11 is 0. The van der Waals surface area contributed by atoms with Gasteiger partial charge >= 0.3 is 0 Å². The topological polar surface area (TPSA) is 0 Å². The summed E-state index contributed by atoms with van der Waals surface area (Å²) in [4.78, 5) is 0. The van der Waals surface area contributed by atoms with Gasteiger partial charge in [0.1, 0.15) is 0 Å². The van der Waals surface area contributed by atoms with Crippen LogP contribution in [0.15, 0.2) is 109 Å². The second-order valence-corrected chi connectivity index (χ2v) is 13.2. The number of unbranched alkanes of at least 4 members (excludes halogenated alkanes) is 2. The minimum atomic E-state index is 0.392. The largest absolute Gasteiger partial charge is 0.100 e. The fourth-order valence-electron chi connectivity index (χ4n) is 4.25. The molecule has 0 amide bonds. The van der Waals surface area contributed by atoms with Crippen LogP contribution in [0, 0.1) is 19.8 Å². The third-order valence-corrected chi connectivity index (χ3v) is 7.88. The minimum absolute atomic E-state index is 0.392. The van der Waals surface area contributed by atoms with Crippen LogP contribution in [-0.2, 0) is 5.41 Å². The highest BCUT2D eigenvalue weighted by Crippen LogP contribution is 2.41. The standard InChI is InChI=1S/C13H18.C11H14.C8H10.C4H8.2C4H10.C2H6/c1-10-8-9-13(2,3)12-7-5-4-6-11(10)12;1-5-11-7-6-8(2)9(3)10(11)4;1-7-3-5-8(2)6-4-7;1-4(2)3;2*1-3-4-2;1-2/h4-7,10H,8-9H2,1-3H3;5-7,9H,2,4H2,1,3H3;3-6H,1-2H3;1H2,2-3H3;2*3-4H2,1-2H3;1-2H3/b;11-5-;;;;;. The molecule has 0 saturated heterocycles. The van der Waals surface area contributed by atoms with E-state index in [9.17, 15) is 0 Å². The van der Waals surface area contributed by atoms with Crippen molar-refractivity contribution in [2.75, 3.05) is 0 Å². The Morgan fingerprint density at radius 3 is 1.57 bits per heavy atom. The SMILES string of the molecule is C=C(C)C.C=C1C=C/C(=C/C)C(=C)C1C.CC.CC1CCC(C)(C)c2ccccc21.CCCC.CCCC.Cc1ccc(C)cc1. The van der Waals surface area contributed by atoms with Gasteiger partial charge in [-0.05, 0) is 86.6 Å². The summed E-state index contributed by atoms with van der Waals surface area (Å²) in [5, 5.41) is 0. The molecule has 0 N–H and O–H groups in total. The highest BCUT2D eigenvalue weighted by molar-refractivity contribution is 5.49. The van der Waals surface area contributed by atoms with Crippen molar-refractivity contribution in [2.45, 2.75) is 154 Å². The summed E-state index contributed by atoms with van der Waals surface area (Å²) in [6.07, 6.45) is 14.2. The highest BCUT2D eigenvalue weighted by Gasteiger charge is 2.29. The van der Waals surface area contributed by atoms with Crippen LogP contribution in [0.5, 0.6) is 0 Å². The van der Waals surface area contributed by atoms with E-state index in [1.807, 2.05) is 34.6 Å². The Bertz CT molecular complexity index is 1100. The number of aryl methyl sites for hydroxylation is 2. The first kappa shape index (κ1) is 47.5. The lowest BCUT2D eigenvalue weighted by molar-refractivity contribution is 0.402. The first-order valence-corrected chi connectivity index (χ1v) is 18.1. The molecule has 0 aromatic heterocycles. The van der Waals surface area contributed by atoms with E-state index < -0.39 is 0 Å². The van der Waals surface area contributed by atoms with Gasteiger partial charge in [0.15, 0.2) is 0 Å². The van der Waals surface area contributed by atoms with Gasteiger partial charge in [0.25, 0.3) is 0 Å². The molecule has 0 fully saturated rings. The van der Waals surface area contributed by atoms with Crippen molar-refractivity contribution in [1.82, 2.24) is 0 Å². The van der Waals surface area contributed by atoms with Crippen molar-refractivity contribution in [1.29, 1.82) is 0 Å². The van der Waals surface area contributed by atoms with Crippen molar-refractivity contribution in [2.24, 2.45) is 5.92 Å². The summed E-state index contributed by atoms with van der Waals surface area (Å²) in [5.41, 5.74) is 10.9. The molecule has 0 aliphatic heterocycles. The van der Waals surface area contributed by atoms with Gasteiger partial charge in [-0.2, -0.15) is 0 Å². The molecule has 2 aromatic carbocycles. The van der Waals surface area contributed by atoms with E-state index in [1.165, 1.54) is 66.4 Å². The molecule has 0 heterocycles. The molecule has 0 nitrogen and oxygen atoms in total. The van der Waals surface area contributed by atoms with Crippen molar-refractivity contribution < 1.29 is 0 Å². The summed E-state index contributed by atoms with van der Waals surface area (Å²) < 4.78 is 0. The molecule has 2 aliphatic rings. The molecule has 0 saturated carbocycles. The Kier molecular flexibility index (Phi) is 29.3. The fourth-order valence-corrected chi connectivity index (χ4v) is 4.25. The van der Waals surface area contributed by atoms with E-state index in [-0.39, 0.29) is 0 Å². The molecule has 0 heteroatoms. The minimum Gasteiger partial charge on any atom is -0.100 e. The number of rotatable bonds is 2. The number of fused-ring (bicyclic) bond motifs is 1. The van der Waals surface area contributed by atoms with Crippen LogP contribution in [0.2, 0.25) is 0 Å². The second-order valence-electron chi connectivity index (χ2n) is 13.2. The average molecular weight is 629 g/mol. The number of hydrogen-bond acceptors (Lipinski definition) is 0. The van der Waals surface area contributed by atoms with Gasteiger partial charge in [-0.1, -0.05) is 192 Å². The molecule has 0 radical (unpaired) electrons. The van der Waals surface area contributed by atoms with Crippen LogP contribution in [0.4, 0.5) is 0 Å². The molecular formula is C46H76. The van der Waals surface area contributed by atoms with E-state index >= 15 is 0 Å². The number of allylic oxidation sites excluding steroid dienone is 7. The van der Waals surface area contributed by atoms with Gasteiger partial charge in [-0.25, -0.2) is 0 Å². The lowest BCUT2D eigenvalue weighted by atomic mass is 9.69. The molecule has 4 rings (SSSR count). The maximum atomic E-state index is 4.02. The smallest absolute Gasteiger partial charge is 0.00550 e. The fraction of sp³-hybridized carbons (Fsp3) is 0.522. The van der Waals surface area contributed by atoms with Crippen LogP contribution in [0.1, 0.15) is 157 Å². The summed E-state index contributed by atoms with van der Waals surface area (Å²) in [6, 6.07) is 17.4. The van der Waals surface area contributed by atoms with E-state index in [2.05, 4.69) is 156 Å². The third-order valence-electron chi connectivity index (χ3n) is 7.88. The Morgan fingerprint density at radius 1 is 0.783 bits per heavy atom. The Morgan fingerprint density at radius 2 is 1.20 bits per heavy atom. The molecule has 260 valence electrons. The zero-order chi connectivity index (χ0) is 36.3. The average Bonchev–Trinajstić information content (AvgIpc) is 3.05. The zero-order valence-electron chi connectivity index (χ0n) is 33.4. The first-order valence-electron chi connectivity index (χ1n) is 18.1. The number of hydrogen-bond donors (Lipinski definition) is 0. The summed E-state index contributed by atoms with van der Waals surface area (Å²) in [5.74, 6) is 1.16. The van der Waals surface area contributed by atoms with Crippen LogP contribution < -0.4 is 0 Å². The van der Waals surface area contributed by atoms with Gasteiger partial charge in [-0.15, -0.1) is 6.58 Å². The van der Waals surface area contributed by atoms with Gasteiger partial charge in [0, 0.05) is 5.92 Å². The molecule has 0 bridgehead atoms. The van der Waals surface area contributed by atoms with Gasteiger partial charge in [0.2, 0.25) is 0 Å². The monoisotopic (exact) mass is 629 g/mol. The van der Waals surface area contributed by atoms with E-state index in [1.54, 1.807) is 11.1 Å². The molecule has 2 atom stereocenters. The summed E-state index contributed by atoms with van der Waals surface area (Å²) in [7, 11) is 0. The molecule has 2 aromatic rings. The molecule has 0 spiro atoms. The van der Waals surface area contributed by atoms with Crippen molar-refractivity contribution in [3.05, 3.63) is 131 Å². The predicted molar refractivity (Wildman–Crippen MR) is 216 cm³/mol. The Hall–Kier alpha value is -2.86. The predicted octanol–water partition coefficient (Wildman–Crippen LogP) is 15.6. The van der Waals surface area contributed by atoms with Crippen molar-refractivity contribution in [3.8, 4) is 0 Å². The highest BCUT2D eigenvalue weighted by atomic mass is 14.3. The second kappa shape index (κ2) is 28.4. The van der Waals surface area contributed by atoms with Crippen LogP contribution in [0.25, 0.3) is 0 Å². The van der Waals surface area contributed by atoms with Crippen molar-refractivity contribution in [3.63, 3.8) is 0 Å². The Labute approximate surface area is 289 Å². The normalized spacial score (nSPS) is 17.5. The molecule has 46 heavy (non-hydrogen) atoms.